The molecule has 0 aliphatic carbocycles. The van der Waals surface area contributed by atoms with Gasteiger partial charge in [0.1, 0.15) is 18.1 Å². The first-order valence-electron chi connectivity index (χ1n) is 8.54. The monoisotopic (exact) mass is 369 g/mol. The molecule has 8 nitrogen and oxygen atoms in total. The van der Waals surface area contributed by atoms with Crippen LogP contribution in [0.2, 0.25) is 0 Å². The second-order valence-electron chi connectivity index (χ2n) is 5.89. The van der Waals surface area contributed by atoms with Gasteiger partial charge in [-0.15, -0.1) is 0 Å². The predicted molar refractivity (Wildman–Crippen MR) is 94.4 cm³/mol. The zero-order valence-electron chi connectivity index (χ0n) is 15.3. The number of carbonyl (C=O) groups is 1. The van der Waals surface area contributed by atoms with Gasteiger partial charge in [0.2, 0.25) is 0 Å². The lowest BCUT2D eigenvalue weighted by Crippen LogP contribution is -2.19. The molecule has 0 bridgehead atoms. The molecule has 0 amide bonds. The van der Waals surface area contributed by atoms with E-state index >= 15 is 0 Å². The van der Waals surface area contributed by atoms with E-state index in [1.54, 1.807) is 25.3 Å². The second kappa shape index (κ2) is 10.8. The largest absolute Gasteiger partial charge is 0.497 e. The van der Waals surface area contributed by atoms with Crippen molar-refractivity contribution in [1.29, 1.82) is 0 Å². The SMILES string of the molecule is COC(=O)C1COC(COCCOCCOc2cc(N)cc(OC)c2)C1. The second-order valence-corrected chi connectivity index (χ2v) is 5.89. The Bertz CT molecular complexity index is 566. The van der Waals surface area contributed by atoms with E-state index in [2.05, 4.69) is 0 Å². The molecule has 8 heteroatoms. The maximum atomic E-state index is 11.4. The molecule has 1 heterocycles. The van der Waals surface area contributed by atoms with Gasteiger partial charge in [-0.2, -0.15) is 0 Å². The Hall–Kier alpha value is -2.03. The molecule has 0 aromatic heterocycles. The fourth-order valence-corrected chi connectivity index (χ4v) is 2.60. The van der Waals surface area contributed by atoms with Gasteiger partial charge >= 0.3 is 5.97 Å². The Morgan fingerprint density at radius 3 is 2.62 bits per heavy atom. The van der Waals surface area contributed by atoms with Gasteiger partial charge in [-0.1, -0.05) is 0 Å². The van der Waals surface area contributed by atoms with E-state index in [4.69, 9.17) is 34.2 Å². The normalized spacial score (nSPS) is 19.3. The van der Waals surface area contributed by atoms with Crippen LogP contribution in [0.1, 0.15) is 6.42 Å². The van der Waals surface area contributed by atoms with Gasteiger partial charge < -0.3 is 34.2 Å². The number of carbonyl (C=O) groups excluding carboxylic acids is 1. The highest BCUT2D eigenvalue weighted by atomic mass is 16.6. The first-order chi connectivity index (χ1) is 12.6. The Morgan fingerprint density at radius 1 is 1.12 bits per heavy atom. The molecule has 1 saturated heterocycles. The third-order valence-electron chi connectivity index (χ3n) is 3.93. The van der Waals surface area contributed by atoms with Gasteiger partial charge in [0.05, 0.1) is 59.3 Å². The van der Waals surface area contributed by atoms with Crippen LogP contribution in [0.25, 0.3) is 0 Å². The molecule has 146 valence electrons. The summed E-state index contributed by atoms with van der Waals surface area (Å²) in [5.74, 6) is 0.874. The van der Waals surface area contributed by atoms with Crippen molar-refractivity contribution in [3.05, 3.63) is 18.2 Å². The number of methoxy groups -OCH3 is 2. The van der Waals surface area contributed by atoms with Crippen molar-refractivity contribution >= 4 is 11.7 Å². The maximum Gasteiger partial charge on any atom is 0.311 e. The van der Waals surface area contributed by atoms with E-state index in [0.717, 1.165) is 0 Å². The van der Waals surface area contributed by atoms with Crippen molar-refractivity contribution in [2.75, 3.05) is 59.6 Å². The molecule has 2 atom stereocenters. The smallest absolute Gasteiger partial charge is 0.311 e. The molecule has 26 heavy (non-hydrogen) atoms. The molecular weight excluding hydrogens is 342 g/mol. The Balaban J connectivity index is 1.49. The summed E-state index contributed by atoms with van der Waals surface area (Å²) in [6.45, 7) is 2.58. The molecule has 2 rings (SSSR count). The van der Waals surface area contributed by atoms with Crippen LogP contribution >= 0.6 is 0 Å². The van der Waals surface area contributed by atoms with Gasteiger partial charge in [-0.05, 0) is 6.42 Å². The number of hydrogen-bond acceptors (Lipinski definition) is 8. The van der Waals surface area contributed by atoms with E-state index in [1.807, 2.05) is 0 Å². The third-order valence-corrected chi connectivity index (χ3v) is 3.93. The molecule has 2 N–H and O–H groups in total. The van der Waals surface area contributed by atoms with Crippen molar-refractivity contribution in [3.63, 3.8) is 0 Å². The van der Waals surface area contributed by atoms with Crippen LogP contribution in [-0.4, -0.2) is 65.9 Å². The number of anilines is 1. The summed E-state index contributed by atoms with van der Waals surface area (Å²) in [7, 11) is 2.96. The van der Waals surface area contributed by atoms with Gasteiger partial charge in [-0.25, -0.2) is 0 Å². The number of hydrogen-bond donors (Lipinski definition) is 1. The molecular formula is C18H27NO7. The van der Waals surface area contributed by atoms with E-state index < -0.39 is 0 Å². The van der Waals surface area contributed by atoms with Crippen molar-refractivity contribution in [2.45, 2.75) is 12.5 Å². The quantitative estimate of drug-likeness (QED) is 0.354. The fourth-order valence-electron chi connectivity index (χ4n) is 2.60. The highest BCUT2D eigenvalue weighted by Crippen LogP contribution is 2.24. The number of nitrogen functional groups attached to an aromatic ring is 1. The van der Waals surface area contributed by atoms with Gasteiger partial charge in [0.15, 0.2) is 0 Å². The average molecular weight is 369 g/mol. The van der Waals surface area contributed by atoms with Crippen LogP contribution < -0.4 is 15.2 Å². The lowest BCUT2D eigenvalue weighted by atomic mass is 10.1. The lowest BCUT2D eigenvalue weighted by molar-refractivity contribution is -0.145. The summed E-state index contributed by atoms with van der Waals surface area (Å²) in [5, 5.41) is 0. The Labute approximate surface area is 153 Å². The minimum absolute atomic E-state index is 0.0686. The fraction of sp³-hybridized carbons (Fsp3) is 0.611. The van der Waals surface area contributed by atoms with E-state index in [9.17, 15) is 4.79 Å². The average Bonchev–Trinajstić information content (AvgIpc) is 3.11. The standard InChI is InChI=1S/C18H27NO7/c1-21-15-8-14(19)9-16(10-15)25-6-5-23-3-4-24-12-17-7-13(11-26-17)18(20)22-2/h8-10,13,17H,3-7,11-12,19H2,1-2H3. The maximum absolute atomic E-state index is 11.4. The molecule has 0 saturated carbocycles. The van der Waals surface area contributed by atoms with E-state index in [0.29, 0.717) is 63.2 Å². The van der Waals surface area contributed by atoms with Gasteiger partial charge in [-0.3, -0.25) is 4.79 Å². The van der Waals surface area contributed by atoms with Crippen molar-refractivity contribution in [1.82, 2.24) is 0 Å². The summed E-state index contributed by atoms with van der Waals surface area (Å²) < 4.78 is 31.9. The summed E-state index contributed by atoms with van der Waals surface area (Å²) in [6, 6.07) is 5.22. The Morgan fingerprint density at radius 2 is 1.85 bits per heavy atom. The van der Waals surface area contributed by atoms with Crippen LogP contribution in [0.4, 0.5) is 5.69 Å². The van der Waals surface area contributed by atoms with Crippen LogP contribution in [0.5, 0.6) is 11.5 Å². The number of ether oxygens (including phenoxy) is 6. The first kappa shape index (κ1) is 20.3. The minimum Gasteiger partial charge on any atom is -0.497 e. The number of nitrogens with two attached hydrogens (primary N) is 1. The molecule has 2 unspecified atom stereocenters. The number of benzene rings is 1. The molecule has 0 radical (unpaired) electrons. The topological polar surface area (TPSA) is 98.5 Å². The minimum atomic E-state index is -0.228. The molecule has 1 aromatic carbocycles. The highest BCUT2D eigenvalue weighted by Gasteiger charge is 2.31. The van der Waals surface area contributed by atoms with Gasteiger partial charge in [0.25, 0.3) is 0 Å². The summed E-state index contributed by atoms with van der Waals surface area (Å²) in [5.41, 5.74) is 6.34. The summed E-state index contributed by atoms with van der Waals surface area (Å²) in [6.07, 6.45) is 0.561. The molecule has 1 aromatic rings. The number of esters is 1. The molecule has 0 spiro atoms. The molecule has 1 aliphatic rings. The van der Waals surface area contributed by atoms with Crippen molar-refractivity contribution in [3.8, 4) is 11.5 Å². The van der Waals surface area contributed by atoms with Crippen LogP contribution in [0.3, 0.4) is 0 Å². The molecule has 1 aliphatic heterocycles. The van der Waals surface area contributed by atoms with E-state index in [-0.39, 0.29) is 18.0 Å². The molecule has 1 fully saturated rings. The van der Waals surface area contributed by atoms with Crippen LogP contribution in [0.15, 0.2) is 18.2 Å². The van der Waals surface area contributed by atoms with Crippen molar-refractivity contribution < 1.29 is 33.2 Å². The van der Waals surface area contributed by atoms with Crippen molar-refractivity contribution in [2.24, 2.45) is 5.92 Å². The first-order valence-corrected chi connectivity index (χ1v) is 8.54. The van der Waals surface area contributed by atoms with Crippen LogP contribution in [-0.2, 0) is 23.7 Å². The lowest BCUT2D eigenvalue weighted by Gasteiger charge is -2.11. The van der Waals surface area contributed by atoms with Gasteiger partial charge in [0, 0.05) is 23.9 Å². The zero-order valence-corrected chi connectivity index (χ0v) is 15.3. The summed E-state index contributed by atoms with van der Waals surface area (Å²) >= 11 is 0. The van der Waals surface area contributed by atoms with Crippen LogP contribution in [0, 0.1) is 5.92 Å². The zero-order chi connectivity index (χ0) is 18.8. The third kappa shape index (κ3) is 6.70. The highest BCUT2D eigenvalue weighted by molar-refractivity contribution is 5.72. The summed E-state index contributed by atoms with van der Waals surface area (Å²) in [4.78, 5) is 11.4. The van der Waals surface area contributed by atoms with E-state index in [1.165, 1.54) is 7.11 Å². The number of rotatable bonds is 11. The Kier molecular flexibility index (Phi) is 8.46. The predicted octanol–water partition coefficient (Wildman–Crippen LogP) is 1.27.